The van der Waals surface area contributed by atoms with E-state index in [1.807, 2.05) is 6.07 Å². The van der Waals surface area contributed by atoms with E-state index in [1.54, 1.807) is 0 Å². The second-order valence-electron chi connectivity index (χ2n) is 2.71. The van der Waals surface area contributed by atoms with Crippen molar-refractivity contribution >= 4 is 17.3 Å². The second-order valence-corrected chi connectivity index (χ2v) is 3.11. The van der Waals surface area contributed by atoms with Gasteiger partial charge in [-0.05, 0) is 0 Å². The van der Waals surface area contributed by atoms with Gasteiger partial charge in [0.1, 0.15) is 10.8 Å². The van der Waals surface area contributed by atoms with Gasteiger partial charge in [0, 0.05) is 17.7 Å². The Kier molecular flexibility index (Phi) is 3.47. The summed E-state index contributed by atoms with van der Waals surface area (Å²) in [5.41, 5.74) is 0.235. The van der Waals surface area contributed by atoms with Gasteiger partial charge >= 0.3 is 0 Å². The van der Waals surface area contributed by atoms with E-state index in [1.165, 1.54) is 19.2 Å². The molecule has 78 valence electrons. The average Bonchev–Trinajstić information content (AvgIpc) is 2.20. The first kappa shape index (κ1) is 11.3. The number of rotatable bonds is 3. The monoisotopic (exact) mass is 226 g/mol. The fourth-order valence-corrected chi connectivity index (χ4v) is 1.36. The number of nitrogens with zero attached hydrogens (tertiary/aromatic N) is 2. The molecule has 0 bridgehead atoms. The number of halogens is 1. The van der Waals surface area contributed by atoms with Crippen LogP contribution in [0.4, 0.5) is 5.69 Å². The van der Waals surface area contributed by atoms with Crippen molar-refractivity contribution in [2.75, 3.05) is 7.11 Å². The zero-order chi connectivity index (χ0) is 11.4. The minimum absolute atomic E-state index is 0.00135. The summed E-state index contributed by atoms with van der Waals surface area (Å²) >= 11 is 5.67. The van der Waals surface area contributed by atoms with Gasteiger partial charge in [-0.3, -0.25) is 10.1 Å². The van der Waals surface area contributed by atoms with Crippen molar-refractivity contribution in [2.45, 2.75) is 6.42 Å². The summed E-state index contributed by atoms with van der Waals surface area (Å²) in [5, 5.41) is 19.1. The van der Waals surface area contributed by atoms with Gasteiger partial charge < -0.3 is 4.74 Å². The number of hydrogen-bond acceptors (Lipinski definition) is 4. The SMILES string of the molecule is COc1cc(Cl)c([N+](=O)[O-])cc1CC#N. The summed E-state index contributed by atoms with van der Waals surface area (Å²) < 4.78 is 4.96. The fraction of sp³-hybridized carbons (Fsp3) is 0.222. The van der Waals surface area contributed by atoms with Crippen molar-refractivity contribution in [1.82, 2.24) is 0 Å². The Balaban J connectivity index is 3.31. The Labute approximate surface area is 91.0 Å². The summed E-state index contributed by atoms with van der Waals surface area (Å²) in [4.78, 5) is 9.98. The van der Waals surface area contributed by atoms with E-state index < -0.39 is 4.92 Å². The molecule has 0 spiro atoms. The van der Waals surface area contributed by atoms with E-state index in [9.17, 15) is 10.1 Å². The molecule has 0 aliphatic carbocycles. The molecule has 0 unspecified atom stereocenters. The van der Waals surface area contributed by atoms with Crippen molar-refractivity contribution in [2.24, 2.45) is 0 Å². The first-order valence-corrected chi connectivity index (χ1v) is 4.35. The molecule has 0 amide bonds. The molecule has 0 saturated heterocycles. The van der Waals surface area contributed by atoms with Crippen molar-refractivity contribution in [3.05, 3.63) is 32.8 Å². The topological polar surface area (TPSA) is 76.2 Å². The molecule has 0 radical (unpaired) electrons. The van der Waals surface area contributed by atoms with Crippen molar-refractivity contribution in [3.63, 3.8) is 0 Å². The number of nitro groups is 1. The number of ether oxygens (including phenoxy) is 1. The number of hydrogen-bond donors (Lipinski definition) is 0. The first-order valence-electron chi connectivity index (χ1n) is 3.98. The maximum atomic E-state index is 10.6. The molecule has 15 heavy (non-hydrogen) atoms. The number of methoxy groups -OCH3 is 1. The average molecular weight is 227 g/mol. The highest BCUT2D eigenvalue weighted by Crippen LogP contribution is 2.32. The van der Waals surface area contributed by atoms with Crippen molar-refractivity contribution < 1.29 is 9.66 Å². The van der Waals surface area contributed by atoms with Gasteiger partial charge in [-0.15, -0.1) is 0 Å². The molecule has 0 aliphatic rings. The zero-order valence-electron chi connectivity index (χ0n) is 7.86. The van der Waals surface area contributed by atoms with Gasteiger partial charge in [0.2, 0.25) is 0 Å². The Morgan fingerprint density at radius 1 is 1.67 bits per heavy atom. The van der Waals surface area contributed by atoms with Crippen LogP contribution < -0.4 is 4.74 Å². The van der Waals surface area contributed by atoms with Gasteiger partial charge in [-0.25, -0.2) is 0 Å². The number of benzene rings is 1. The van der Waals surface area contributed by atoms with Crippen molar-refractivity contribution in [3.8, 4) is 11.8 Å². The molecule has 0 saturated carbocycles. The van der Waals surface area contributed by atoms with Crippen LogP contribution in [-0.4, -0.2) is 12.0 Å². The minimum atomic E-state index is -0.595. The van der Waals surface area contributed by atoms with Crippen LogP contribution in [0.5, 0.6) is 5.75 Å². The van der Waals surface area contributed by atoms with Crippen molar-refractivity contribution in [1.29, 1.82) is 5.26 Å². The van der Waals surface area contributed by atoms with E-state index in [4.69, 9.17) is 21.6 Å². The molecule has 1 aromatic carbocycles. The van der Waals surface area contributed by atoms with E-state index in [2.05, 4.69) is 0 Å². The standard InChI is InChI=1S/C9H7ClN2O3/c1-15-9-5-7(10)8(12(13)14)4-6(9)2-3-11/h4-5H,2H2,1H3. The highest BCUT2D eigenvalue weighted by molar-refractivity contribution is 6.32. The summed E-state index contributed by atoms with van der Waals surface area (Å²) in [5.74, 6) is 0.382. The smallest absolute Gasteiger partial charge is 0.288 e. The lowest BCUT2D eigenvalue weighted by atomic mass is 10.1. The third-order valence-electron chi connectivity index (χ3n) is 1.82. The number of nitriles is 1. The van der Waals surface area contributed by atoms with Gasteiger partial charge in [-0.1, -0.05) is 11.6 Å². The van der Waals surface area contributed by atoms with Crippen LogP contribution in [0.15, 0.2) is 12.1 Å². The van der Waals surface area contributed by atoms with Crippen LogP contribution in [0, 0.1) is 21.4 Å². The molecule has 0 atom stereocenters. The molecule has 1 aromatic rings. The normalized spacial score (nSPS) is 9.40. The Hall–Kier alpha value is -1.80. The van der Waals surface area contributed by atoms with Crippen LogP contribution in [0.3, 0.4) is 0 Å². The third-order valence-corrected chi connectivity index (χ3v) is 2.12. The lowest BCUT2D eigenvalue weighted by molar-refractivity contribution is -0.384. The number of nitro benzene ring substituents is 1. The molecule has 0 heterocycles. The van der Waals surface area contributed by atoms with Gasteiger partial charge in [-0.2, -0.15) is 5.26 Å². The minimum Gasteiger partial charge on any atom is -0.496 e. The molecular weight excluding hydrogens is 220 g/mol. The Bertz CT molecular complexity index is 440. The predicted molar refractivity (Wildman–Crippen MR) is 54.0 cm³/mol. The molecule has 1 rings (SSSR count). The van der Waals surface area contributed by atoms with Crippen LogP contribution in [0.25, 0.3) is 0 Å². The van der Waals surface area contributed by atoms with Crippen LogP contribution in [0.1, 0.15) is 5.56 Å². The van der Waals surface area contributed by atoms with Gasteiger partial charge in [0.05, 0.1) is 24.5 Å². The molecule has 5 nitrogen and oxygen atoms in total. The fourth-order valence-electron chi connectivity index (χ4n) is 1.14. The molecule has 0 N–H and O–H groups in total. The summed E-state index contributed by atoms with van der Waals surface area (Å²) in [6, 6.07) is 4.49. The predicted octanol–water partition coefficient (Wildman–Crippen LogP) is 2.32. The zero-order valence-corrected chi connectivity index (χ0v) is 8.61. The lowest BCUT2D eigenvalue weighted by Crippen LogP contribution is -1.95. The maximum Gasteiger partial charge on any atom is 0.288 e. The molecule has 0 aromatic heterocycles. The van der Waals surface area contributed by atoms with E-state index >= 15 is 0 Å². The highest BCUT2D eigenvalue weighted by Gasteiger charge is 2.16. The van der Waals surface area contributed by atoms with E-state index in [0.29, 0.717) is 11.3 Å². The highest BCUT2D eigenvalue weighted by atomic mass is 35.5. The largest absolute Gasteiger partial charge is 0.496 e. The van der Waals surface area contributed by atoms with Gasteiger partial charge in [0.25, 0.3) is 5.69 Å². The summed E-state index contributed by atoms with van der Waals surface area (Å²) in [6.07, 6.45) is 0.0428. The quantitative estimate of drug-likeness (QED) is 0.585. The molecule has 6 heteroatoms. The first-order chi connectivity index (χ1) is 7.10. The maximum absolute atomic E-state index is 10.6. The Morgan fingerprint density at radius 3 is 2.80 bits per heavy atom. The lowest BCUT2D eigenvalue weighted by Gasteiger charge is -2.06. The molecule has 0 fully saturated rings. The van der Waals surface area contributed by atoms with Gasteiger partial charge in [0.15, 0.2) is 0 Å². The summed E-state index contributed by atoms with van der Waals surface area (Å²) in [6.45, 7) is 0. The molecule has 0 aliphatic heterocycles. The second kappa shape index (κ2) is 4.62. The Morgan fingerprint density at radius 2 is 2.33 bits per heavy atom. The van der Waals surface area contributed by atoms with Crippen LogP contribution >= 0.6 is 11.6 Å². The molecular formula is C9H7ClN2O3. The van der Waals surface area contributed by atoms with E-state index in [-0.39, 0.29) is 17.1 Å². The van der Waals surface area contributed by atoms with E-state index in [0.717, 1.165) is 0 Å². The van der Waals surface area contributed by atoms with Crippen LogP contribution in [-0.2, 0) is 6.42 Å². The van der Waals surface area contributed by atoms with Crippen LogP contribution in [0.2, 0.25) is 5.02 Å². The summed E-state index contributed by atoms with van der Waals surface area (Å²) in [7, 11) is 1.42. The third kappa shape index (κ3) is 2.36.